The third kappa shape index (κ3) is 2.97. The minimum atomic E-state index is -0.252. The molecule has 1 aromatic carbocycles. The fourth-order valence-electron chi connectivity index (χ4n) is 2.77. The number of hydrogen-bond acceptors (Lipinski definition) is 2. The lowest BCUT2D eigenvalue weighted by molar-refractivity contribution is 0.619. The van der Waals surface area contributed by atoms with Crippen molar-refractivity contribution in [3.05, 3.63) is 44.9 Å². The number of rotatable bonds is 2. The molecule has 0 atom stereocenters. The topological polar surface area (TPSA) is 25.8 Å². The average molecular weight is 370 g/mol. The van der Waals surface area contributed by atoms with Gasteiger partial charge in [-0.15, -0.1) is 0 Å². The zero-order chi connectivity index (χ0) is 15.0. The zero-order valence-electron chi connectivity index (χ0n) is 11.7. The maximum absolute atomic E-state index is 13.7. The van der Waals surface area contributed by atoms with Gasteiger partial charge in [0.05, 0.1) is 10.2 Å². The molecule has 0 amide bonds. The minimum Gasteiger partial charge on any atom is -0.231 e. The van der Waals surface area contributed by atoms with Crippen molar-refractivity contribution < 1.29 is 4.39 Å². The summed E-state index contributed by atoms with van der Waals surface area (Å²) in [7, 11) is 0. The number of aromatic nitrogens is 2. The van der Waals surface area contributed by atoms with Crippen LogP contribution in [0.5, 0.6) is 0 Å². The van der Waals surface area contributed by atoms with Gasteiger partial charge in [-0.25, -0.2) is 14.4 Å². The molecule has 2 nitrogen and oxygen atoms in total. The van der Waals surface area contributed by atoms with Gasteiger partial charge in [0.25, 0.3) is 0 Å². The molecular weight excluding hydrogens is 355 g/mol. The quantitative estimate of drug-likeness (QED) is 0.638. The molecule has 0 N–H and O–H groups in total. The van der Waals surface area contributed by atoms with Crippen molar-refractivity contribution in [3.8, 4) is 11.4 Å². The van der Waals surface area contributed by atoms with Gasteiger partial charge in [0.1, 0.15) is 11.0 Å². The molecule has 3 rings (SSSR count). The van der Waals surface area contributed by atoms with E-state index in [9.17, 15) is 4.39 Å². The van der Waals surface area contributed by atoms with Crippen molar-refractivity contribution in [2.24, 2.45) is 0 Å². The number of aryl methyl sites for hydroxylation is 1. The van der Waals surface area contributed by atoms with Gasteiger partial charge in [-0.2, -0.15) is 0 Å². The van der Waals surface area contributed by atoms with Gasteiger partial charge in [-0.1, -0.05) is 36.6 Å². The Morgan fingerprint density at radius 3 is 2.62 bits per heavy atom. The van der Waals surface area contributed by atoms with Crippen LogP contribution in [0.1, 0.15) is 42.9 Å². The standard InChI is InChI=1S/C16H15BrClFN2/c1-9-6-7-11(8-12(9)19)16-20-14(10-4-2-3-5-10)13(17)15(18)21-16/h6-8,10H,2-5H2,1H3. The van der Waals surface area contributed by atoms with Gasteiger partial charge in [-0.05, 0) is 47.3 Å². The first kappa shape index (κ1) is 14.9. The van der Waals surface area contributed by atoms with E-state index in [4.69, 9.17) is 11.6 Å². The number of hydrogen-bond donors (Lipinski definition) is 0. The van der Waals surface area contributed by atoms with Crippen molar-refractivity contribution >= 4 is 27.5 Å². The highest BCUT2D eigenvalue weighted by Gasteiger charge is 2.23. The summed E-state index contributed by atoms with van der Waals surface area (Å²) in [6.45, 7) is 1.73. The highest BCUT2D eigenvalue weighted by molar-refractivity contribution is 9.10. The Bertz CT molecular complexity index is 684. The second-order valence-corrected chi connectivity index (χ2v) is 6.63. The Morgan fingerprint density at radius 1 is 1.24 bits per heavy atom. The summed E-state index contributed by atoms with van der Waals surface area (Å²) >= 11 is 9.72. The first-order valence-corrected chi connectivity index (χ1v) is 8.23. The molecule has 1 saturated carbocycles. The van der Waals surface area contributed by atoms with E-state index < -0.39 is 0 Å². The predicted octanol–water partition coefficient (Wildman–Crippen LogP) is 5.66. The van der Waals surface area contributed by atoms with Crippen LogP contribution in [0, 0.1) is 12.7 Å². The van der Waals surface area contributed by atoms with E-state index in [-0.39, 0.29) is 5.82 Å². The molecule has 1 fully saturated rings. The van der Waals surface area contributed by atoms with Crippen LogP contribution >= 0.6 is 27.5 Å². The van der Waals surface area contributed by atoms with Crippen LogP contribution in [-0.2, 0) is 0 Å². The molecule has 0 bridgehead atoms. The van der Waals surface area contributed by atoms with E-state index in [1.807, 2.05) is 6.07 Å². The molecule has 1 aliphatic carbocycles. The predicted molar refractivity (Wildman–Crippen MR) is 86.1 cm³/mol. The summed E-state index contributed by atoms with van der Waals surface area (Å²) in [6, 6.07) is 5.03. The summed E-state index contributed by atoms with van der Waals surface area (Å²) in [5, 5.41) is 0.392. The molecule has 0 aliphatic heterocycles. The summed E-state index contributed by atoms with van der Waals surface area (Å²) in [5.41, 5.74) is 2.22. The number of halogens is 3. The van der Waals surface area contributed by atoms with Crippen molar-refractivity contribution in [1.82, 2.24) is 9.97 Å². The smallest absolute Gasteiger partial charge is 0.161 e. The highest BCUT2D eigenvalue weighted by Crippen LogP contribution is 2.39. The van der Waals surface area contributed by atoms with Gasteiger partial charge in [0, 0.05) is 11.5 Å². The van der Waals surface area contributed by atoms with Crippen LogP contribution in [0.4, 0.5) is 4.39 Å². The van der Waals surface area contributed by atoms with Gasteiger partial charge < -0.3 is 0 Å². The normalized spacial score (nSPS) is 15.6. The molecule has 2 aromatic rings. The maximum atomic E-state index is 13.7. The van der Waals surface area contributed by atoms with Crippen LogP contribution in [0.15, 0.2) is 22.7 Å². The van der Waals surface area contributed by atoms with E-state index >= 15 is 0 Å². The monoisotopic (exact) mass is 368 g/mol. The summed E-state index contributed by atoms with van der Waals surface area (Å²) in [5.74, 6) is 0.649. The molecule has 0 unspecified atom stereocenters. The zero-order valence-corrected chi connectivity index (χ0v) is 14.0. The first-order valence-electron chi connectivity index (χ1n) is 7.05. The molecule has 1 aliphatic rings. The van der Waals surface area contributed by atoms with E-state index in [0.717, 1.165) is 23.0 Å². The summed E-state index contributed by atoms with van der Waals surface area (Å²) in [4.78, 5) is 8.93. The molecule has 0 spiro atoms. The lowest BCUT2D eigenvalue weighted by Crippen LogP contribution is -2.03. The Morgan fingerprint density at radius 2 is 1.95 bits per heavy atom. The molecule has 5 heteroatoms. The average Bonchev–Trinajstić information content (AvgIpc) is 2.98. The summed E-state index contributed by atoms with van der Waals surface area (Å²) < 4.78 is 14.5. The largest absolute Gasteiger partial charge is 0.231 e. The molecule has 1 aromatic heterocycles. The highest BCUT2D eigenvalue weighted by atomic mass is 79.9. The van der Waals surface area contributed by atoms with Gasteiger partial charge in [0.15, 0.2) is 5.82 Å². The molecule has 0 radical (unpaired) electrons. The fraction of sp³-hybridized carbons (Fsp3) is 0.375. The number of benzene rings is 1. The van der Waals surface area contributed by atoms with E-state index in [1.54, 1.807) is 13.0 Å². The minimum absolute atomic E-state index is 0.252. The van der Waals surface area contributed by atoms with E-state index in [1.165, 1.54) is 18.9 Å². The Balaban J connectivity index is 2.08. The molecule has 0 saturated heterocycles. The van der Waals surface area contributed by atoms with Crippen molar-refractivity contribution in [1.29, 1.82) is 0 Å². The van der Waals surface area contributed by atoms with Crippen LogP contribution < -0.4 is 0 Å². The van der Waals surface area contributed by atoms with Gasteiger partial charge >= 0.3 is 0 Å². The Hall–Kier alpha value is -1.00. The van der Waals surface area contributed by atoms with Crippen LogP contribution in [0.25, 0.3) is 11.4 Å². The van der Waals surface area contributed by atoms with E-state index in [2.05, 4.69) is 25.9 Å². The van der Waals surface area contributed by atoms with Crippen molar-refractivity contribution in [2.75, 3.05) is 0 Å². The fourth-order valence-corrected chi connectivity index (χ4v) is 3.44. The van der Waals surface area contributed by atoms with Crippen LogP contribution in [-0.4, -0.2) is 9.97 Å². The Labute approximate surface area is 136 Å². The first-order chi connectivity index (χ1) is 10.1. The second kappa shape index (κ2) is 6.01. The van der Waals surface area contributed by atoms with Gasteiger partial charge in [0.2, 0.25) is 0 Å². The van der Waals surface area contributed by atoms with Crippen molar-refractivity contribution in [3.63, 3.8) is 0 Å². The lowest BCUT2D eigenvalue weighted by Gasteiger charge is -2.13. The van der Waals surface area contributed by atoms with Gasteiger partial charge in [-0.3, -0.25) is 0 Å². The third-order valence-corrected chi connectivity index (χ3v) is 5.29. The maximum Gasteiger partial charge on any atom is 0.161 e. The molecular formula is C16H15BrClFN2. The second-order valence-electron chi connectivity index (χ2n) is 5.48. The third-order valence-electron chi connectivity index (χ3n) is 4.01. The van der Waals surface area contributed by atoms with E-state index in [0.29, 0.717) is 28.0 Å². The Kier molecular flexibility index (Phi) is 4.27. The van der Waals surface area contributed by atoms with Crippen LogP contribution in [0.3, 0.4) is 0 Å². The molecule has 21 heavy (non-hydrogen) atoms. The van der Waals surface area contributed by atoms with Crippen LogP contribution in [0.2, 0.25) is 5.15 Å². The van der Waals surface area contributed by atoms with Crippen molar-refractivity contribution in [2.45, 2.75) is 38.5 Å². The molecule has 1 heterocycles. The number of nitrogens with zero attached hydrogens (tertiary/aromatic N) is 2. The molecule has 110 valence electrons. The summed E-state index contributed by atoms with van der Waals surface area (Å²) in [6.07, 6.45) is 4.67. The lowest BCUT2D eigenvalue weighted by atomic mass is 10.0. The SMILES string of the molecule is Cc1ccc(-c2nc(Cl)c(Br)c(C3CCCC3)n2)cc1F.